The Morgan fingerprint density at radius 3 is 2.51 bits per heavy atom. The van der Waals surface area contributed by atoms with E-state index in [0.29, 0.717) is 24.4 Å². The number of anilines is 1. The minimum Gasteiger partial charge on any atom is -0.452 e. The van der Waals surface area contributed by atoms with Gasteiger partial charge in [-0.05, 0) is 54.0 Å². The molecule has 0 spiro atoms. The fourth-order valence-corrected chi connectivity index (χ4v) is 5.29. The number of fused-ring (bicyclic) bond motifs is 1. The maximum atomic E-state index is 13.1. The zero-order valence-electron chi connectivity index (χ0n) is 18.6. The first-order valence-corrected chi connectivity index (χ1v) is 12.4. The molecule has 0 N–H and O–H groups in total. The number of carbonyl (C=O) groups excluding carboxylic acids is 1. The monoisotopic (exact) mass is 487 g/mol. The van der Waals surface area contributed by atoms with Gasteiger partial charge in [0.1, 0.15) is 0 Å². The Kier molecular flexibility index (Phi) is 6.15. The molecular formula is C26H21N3O5S. The molecule has 0 fully saturated rings. The molecule has 176 valence electrons. The highest BCUT2D eigenvalue weighted by molar-refractivity contribution is 7.92. The van der Waals surface area contributed by atoms with E-state index in [1.165, 1.54) is 22.5 Å². The van der Waals surface area contributed by atoms with Crippen LogP contribution < -0.4 is 4.31 Å². The number of nitrogens with zero attached hydrogens (tertiary/aromatic N) is 3. The van der Waals surface area contributed by atoms with Crippen molar-refractivity contribution in [3.63, 3.8) is 0 Å². The van der Waals surface area contributed by atoms with E-state index in [1.54, 1.807) is 18.2 Å². The van der Waals surface area contributed by atoms with E-state index in [4.69, 9.17) is 9.15 Å². The van der Waals surface area contributed by atoms with Gasteiger partial charge in [-0.2, -0.15) is 0 Å². The Hall–Kier alpha value is -4.24. The largest absolute Gasteiger partial charge is 0.452 e. The van der Waals surface area contributed by atoms with Crippen LogP contribution in [0.25, 0.3) is 17.5 Å². The molecule has 0 atom stereocenters. The Bertz CT molecular complexity index is 1480. The average molecular weight is 488 g/mol. The number of benzene rings is 3. The highest BCUT2D eigenvalue weighted by Gasteiger charge is 2.30. The van der Waals surface area contributed by atoms with Crippen molar-refractivity contribution >= 4 is 27.8 Å². The molecule has 1 aromatic heterocycles. The molecule has 0 saturated heterocycles. The molecule has 5 rings (SSSR count). The van der Waals surface area contributed by atoms with Gasteiger partial charge < -0.3 is 9.15 Å². The molecule has 4 aromatic rings. The Morgan fingerprint density at radius 1 is 0.971 bits per heavy atom. The molecule has 0 bridgehead atoms. The summed E-state index contributed by atoms with van der Waals surface area (Å²) >= 11 is 0. The summed E-state index contributed by atoms with van der Waals surface area (Å²) in [5.41, 5.74) is 3.17. The van der Waals surface area contributed by atoms with Crippen molar-refractivity contribution in [3.8, 4) is 11.5 Å². The fraction of sp³-hybridized carbons (Fsp3) is 0.115. The summed E-state index contributed by atoms with van der Waals surface area (Å²) in [6.45, 7) is 0.263. The molecule has 0 saturated carbocycles. The van der Waals surface area contributed by atoms with Crippen molar-refractivity contribution in [2.75, 3.05) is 10.8 Å². The summed E-state index contributed by atoms with van der Waals surface area (Å²) in [6, 6.07) is 23.1. The Labute approximate surface area is 202 Å². The van der Waals surface area contributed by atoms with Gasteiger partial charge in [-0.1, -0.05) is 48.5 Å². The first-order chi connectivity index (χ1) is 17.0. The molecule has 9 heteroatoms. The van der Waals surface area contributed by atoms with E-state index < -0.39 is 16.0 Å². The lowest BCUT2D eigenvalue weighted by Gasteiger charge is -2.19. The van der Waals surface area contributed by atoms with Crippen LogP contribution in [0.3, 0.4) is 0 Å². The quantitative estimate of drug-likeness (QED) is 0.284. The van der Waals surface area contributed by atoms with Crippen LogP contribution in [0.4, 0.5) is 5.69 Å². The summed E-state index contributed by atoms with van der Waals surface area (Å²) in [5, 5.41) is 7.83. The first kappa shape index (κ1) is 22.5. The van der Waals surface area contributed by atoms with E-state index in [-0.39, 0.29) is 17.4 Å². The third-order valence-corrected chi connectivity index (χ3v) is 7.38. The lowest BCUT2D eigenvalue weighted by Crippen LogP contribution is -2.29. The second-order valence-electron chi connectivity index (χ2n) is 7.83. The highest BCUT2D eigenvalue weighted by atomic mass is 32.2. The molecule has 35 heavy (non-hydrogen) atoms. The predicted molar refractivity (Wildman–Crippen MR) is 130 cm³/mol. The van der Waals surface area contributed by atoms with E-state index in [9.17, 15) is 13.2 Å². The van der Waals surface area contributed by atoms with Gasteiger partial charge in [0.25, 0.3) is 15.9 Å². The SMILES string of the molecule is O=C(/C=C/c1ccc(S(=O)(=O)N2CCc3ccccc32)cc1)OCc1nnc(-c2ccccc2)o1. The number of hydrogen-bond acceptors (Lipinski definition) is 7. The molecule has 2 heterocycles. The highest BCUT2D eigenvalue weighted by Crippen LogP contribution is 2.32. The van der Waals surface area contributed by atoms with Crippen LogP contribution in [0, 0.1) is 0 Å². The number of carbonyl (C=O) groups is 1. The van der Waals surface area contributed by atoms with Gasteiger partial charge in [0.05, 0.1) is 10.6 Å². The van der Waals surface area contributed by atoms with Crippen LogP contribution in [-0.4, -0.2) is 31.1 Å². The average Bonchev–Trinajstić information content (AvgIpc) is 3.55. The van der Waals surface area contributed by atoms with Crippen LogP contribution >= 0.6 is 0 Å². The second kappa shape index (κ2) is 9.55. The van der Waals surface area contributed by atoms with Crippen molar-refractivity contribution in [3.05, 3.63) is 102 Å². The van der Waals surface area contributed by atoms with Crippen LogP contribution in [0.2, 0.25) is 0 Å². The zero-order valence-corrected chi connectivity index (χ0v) is 19.4. The van der Waals surface area contributed by atoms with Gasteiger partial charge in [-0.3, -0.25) is 4.31 Å². The lowest BCUT2D eigenvalue weighted by molar-refractivity contribution is -0.139. The number of ether oxygens (including phenoxy) is 1. The Morgan fingerprint density at radius 2 is 1.71 bits per heavy atom. The van der Waals surface area contributed by atoms with E-state index in [2.05, 4.69) is 10.2 Å². The van der Waals surface area contributed by atoms with Gasteiger partial charge in [-0.25, -0.2) is 13.2 Å². The molecule has 0 radical (unpaired) electrons. The lowest BCUT2D eigenvalue weighted by atomic mass is 10.2. The smallest absolute Gasteiger partial charge is 0.331 e. The summed E-state index contributed by atoms with van der Waals surface area (Å²) in [4.78, 5) is 12.3. The van der Waals surface area contributed by atoms with Crippen LogP contribution in [-0.2, 0) is 32.6 Å². The van der Waals surface area contributed by atoms with Crippen LogP contribution in [0.5, 0.6) is 0 Å². The molecular weight excluding hydrogens is 466 g/mol. The summed E-state index contributed by atoms with van der Waals surface area (Å²) < 4.78 is 38.3. The van der Waals surface area contributed by atoms with Crippen molar-refractivity contribution in [1.29, 1.82) is 0 Å². The molecule has 0 amide bonds. The number of hydrogen-bond donors (Lipinski definition) is 0. The number of sulfonamides is 1. The third-order valence-electron chi connectivity index (χ3n) is 5.55. The maximum absolute atomic E-state index is 13.1. The number of esters is 1. The van der Waals surface area contributed by atoms with Crippen LogP contribution in [0.15, 0.2) is 94.3 Å². The molecule has 8 nitrogen and oxygen atoms in total. The van der Waals surface area contributed by atoms with Gasteiger partial charge >= 0.3 is 5.97 Å². The van der Waals surface area contributed by atoms with Gasteiger partial charge in [0.2, 0.25) is 5.89 Å². The van der Waals surface area contributed by atoms with Crippen molar-refractivity contribution < 1.29 is 22.4 Å². The zero-order chi connectivity index (χ0) is 24.3. The normalized spacial score (nSPS) is 13.2. The molecule has 3 aromatic carbocycles. The van der Waals surface area contributed by atoms with Gasteiger partial charge in [-0.15, -0.1) is 10.2 Å². The number of para-hydroxylation sites is 1. The number of rotatable bonds is 7. The van der Waals surface area contributed by atoms with E-state index >= 15 is 0 Å². The van der Waals surface area contributed by atoms with Crippen molar-refractivity contribution in [2.24, 2.45) is 0 Å². The van der Waals surface area contributed by atoms with Crippen molar-refractivity contribution in [1.82, 2.24) is 10.2 Å². The molecule has 0 unspecified atom stereocenters. The van der Waals surface area contributed by atoms with Crippen molar-refractivity contribution in [2.45, 2.75) is 17.9 Å². The standard InChI is InChI=1S/C26H21N3O5S/c30-25(33-18-24-27-28-26(34-24)21-7-2-1-3-8-21)15-12-19-10-13-22(14-11-19)35(31,32)29-17-16-20-6-4-5-9-23(20)29/h1-15H,16-18H2/b15-12+. The summed E-state index contributed by atoms with van der Waals surface area (Å²) in [5.74, 6) is -0.0573. The first-order valence-electron chi connectivity index (χ1n) is 10.9. The Balaban J connectivity index is 1.19. The topological polar surface area (TPSA) is 103 Å². The second-order valence-corrected chi connectivity index (χ2v) is 9.70. The minimum atomic E-state index is -3.66. The molecule has 1 aliphatic heterocycles. The fourth-order valence-electron chi connectivity index (χ4n) is 3.79. The third kappa shape index (κ3) is 4.85. The number of aromatic nitrogens is 2. The molecule has 0 aliphatic carbocycles. The van der Waals surface area contributed by atoms with Gasteiger partial charge in [0.15, 0.2) is 6.61 Å². The molecule has 1 aliphatic rings. The predicted octanol–water partition coefficient (Wildman–Crippen LogP) is 4.24. The van der Waals surface area contributed by atoms with Gasteiger partial charge in [0, 0.05) is 18.2 Å². The van der Waals surface area contributed by atoms with E-state index in [1.807, 2.05) is 54.6 Å². The minimum absolute atomic E-state index is 0.155. The maximum Gasteiger partial charge on any atom is 0.331 e. The summed E-state index contributed by atoms with van der Waals surface area (Å²) in [6.07, 6.45) is 3.50. The van der Waals surface area contributed by atoms with E-state index in [0.717, 1.165) is 16.8 Å². The van der Waals surface area contributed by atoms with Crippen LogP contribution in [0.1, 0.15) is 17.0 Å². The summed E-state index contributed by atoms with van der Waals surface area (Å²) in [7, 11) is -3.66.